The molecule has 2 aromatic carbocycles. The summed E-state index contributed by atoms with van der Waals surface area (Å²) in [6.07, 6.45) is 1.35. The molecule has 0 saturated carbocycles. The quantitative estimate of drug-likeness (QED) is 0.670. The van der Waals surface area contributed by atoms with Gasteiger partial charge in [-0.15, -0.1) is 0 Å². The smallest absolute Gasteiger partial charge is 0.270 e. The minimum Gasteiger partial charge on any atom is -0.497 e. The second kappa shape index (κ2) is 8.51. The van der Waals surface area contributed by atoms with E-state index in [2.05, 4.69) is 20.6 Å². The fourth-order valence-electron chi connectivity index (χ4n) is 2.43. The Balaban J connectivity index is 1.66. The van der Waals surface area contributed by atoms with Gasteiger partial charge in [0.05, 0.1) is 7.11 Å². The van der Waals surface area contributed by atoms with Gasteiger partial charge in [-0.3, -0.25) is 4.79 Å². The van der Waals surface area contributed by atoms with Crippen LogP contribution in [0.15, 0.2) is 54.9 Å². The minimum absolute atomic E-state index is 0.278. The van der Waals surface area contributed by atoms with Gasteiger partial charge in [-0.2, -0.15) is 0 Å². The van der Waals surface area contributed by atoms with Gasteiger partial charge in [0.1, 0.15) is 23.6 Å². The molecule has 0 atom stereocenters. The fraction of sp³-hybridized carbons (Fsp3) is 0.150. The molecular formula is C20H19ClN4O2. The largest absolute Gasteiger partial charge is 0.497 e. The van der Waals surface area contributed by atoms with Crippen molar-refractivity contribution in [3.63, 3.8) is 0 Å². The van der Waals surface area contributed by atoms with E-state index in [4.69, 9.17) is 16.3 Å². The predicted molar refractivity (Wildman–Crippen MR) is 106 cm³/mol. The third kappa shape index (κ3) is 4.95. The maximum absolute atomic E-state index is 12.4. The Morgan fingerprint density at radius 3 is 2.63 bits per heavy atom. The van der Waals surface area contributed by atoms with Crippen molar-refractivity contribution < 1.29 is 9.53 Å². The average Bonchev–Trinajstić information content (AvgIpc) is 2.69. The van der Waals surface area contributed by atoms with Crippen LogP contribution in [-0.4, -0.2) is 23.0 Å². The van der Waals surface area contributed by atoms with Gasteiger partial charge < -0.3 is 15.4 Å². The van der Waals surface area contributed by atoms with Crippen molar-refractivity contribution in [1.82, 2.24) is 15.3 Å². The summed E-state index contributed by atoms with van der Waals surface area (Å²) < 4.78 is 5.12. The lowest BCUT2D eigenvalue weighted by Crippen LogP contribution is -2.24. The number of nitrogens with zero attached hydrogens (tertiary/aromatic N) is 2. The molecule has 0 radical (unpaired) electrons. The van der Waals surface area contributed by atoms with Crippen LogP contribution in [0.25, 0.3) is 0 Å². The number of ether oxygens (including phenoxy) is 1. The van der Waals surface area contributed by atoms with Crippen LogP contribution in [0.5, 0.6) is 5.75 Å². The lowest BCUT2D eigenvalue weighted by atomic mass is 10.2. The zero-order chi connectivity index (χ0) is 19.2. The van der Waals surface area contributed by atoms with Crippen LogP contribution in [0, 0.1) is 6.92 Å². The normalized spacial score (nSPS) is 10.3. The molecule has 0 fully saturated rings. The standard InChI is InChI=1S/C20H19ClN4O2/c1-13-3-6-15(21)9-17(13)25-19-10-18(23-12-24-19)20(26)22-11-14-4-7-16(27-2)8-5-14/h3-10,12H,11H2,1-2H3,(H,22,26)(H,23,24,25). The van der Waals surface area contributed by atoms with Crippen molar-refractivity contribution in [3.8, 4) is 5.75 Å². The zero-order valence-electron chi connectivity index (χ0n) is 15.0. The third-order valence-corrected chi connectivity index (χ3v) is 4.21. The van der Waals surface area contributed by atoms with Gasteiger partial charge in [0.15, 0.2) is 0 Å². The van der Waals surface area contributed by atoms with Crippen LogP contribution in [0.2, 0.25) is 5.02 Å². The number of halogens is 1. The monoisotopic (exact) mass is 382 g/mol. The van der Waals surface area contributed by atoms with Crippen LogP contribution < -0.4 is 15.4 Å². The molecule has 3 rings (SSSR count). The molecule has 1 aromatic heterocycles. The summed E-state index contributed by atoms with van der Waals surface area (Å²) in [6, 6.07) is 14.6. The number of aromatic nitrogens is 2. The highest BCUT2D eigenvalue weighted by Gasteiger charge is 2.10. The second-order valence-corrected chi connectivity index (χ2v) is 6.34. The molecule has 7 heteroatoms. The lowest BCUT2D eigenvalue weighted by Gasteiger charge is -2.10. The van der Waals surface area contributed by atoms with Crippen LogP contribution in [0.1, 0.15) is 21.6 Å². The van der Waals surface area contributed by atoms with E-state index < -0.39 is 0 Å². The summed E-state index contributed by atoms with van der Waals surface area (Å²) in [6.45, 7) is 2.35. The number of carbonyl (C=O) groups excluding carboxylic acids is 1. The fourth-order valence-corrected chi connectivity index (χ4v) is 2.61. The number of hydrogen-bond acceptors (Lipinski definition) is 5. The molecule has 0 aliphatic heterocycles. The molecule has 138 valence electrons. The summed E-state index contributed by atoms with van der Waals surface area (Å²) in [5.41, 5.74) is 3.08. The van der Waals surface area contributed by atoms with Gasteiger partial charge in [0.2, 0.25) is 0 Å². The van der Waals surface area contributed by atoms with Gasteiger partial charge in [-0.25, -0.2) is 9.97 Å². The highest BCUT2D eigenvalue weighted by Crippen LogP contribution is 2.23. The molecule has 0 aliphatic rings. The second-order valence-electron chi connectivity index (χ2n) is 5.90. The van der Waals surface area contributed by atoms with E-state index >= 15 is 0 Å². The molecule has 0 spiro atoms. The van der Waals surface area contributed by atoms with E-state index in [0.29, 0.717) is 17.4 Å². The highest BCUT2D eigenvalue weighted by atomic mass is 35.5. The van der Waals surface area contributed by atoms with Gasteiger partial charge >= 0.3 is 0 Å². The van der Waals surface area contributed by atoms with Crippen molar-refractivity contribution in [2.24, 2.45) is 0 Å². The molecule has 0 bridgehead atoms. The Hall–Kier alpha value is -3.12. The Bertz CT molecular complexity index is 945. The molecule has 0 unspecified atom stereocenters. The first kappa shape index (κ1) is 18.7. The SMILES string of the molecule is COc1ccc(CNC(=O)c2cc(Nc3cc(Cl)ccc3C)ncn2)cc1. The zero-order valence-corrected chi connectivity index (χ0v) is 15.7. The lowest BCUT2D eigenvalue weighted by molar-refractivity contribution is 0.0946. The summed E-state index contributed by atoms with van der Waals surface area (Å²) in [5, 5.41) is 6.63. The van der Waals surface area contributed by atoms with E-state index in [-0.39, 0.29) is 11.6 Å². The van der Waals surface area contributed by atoms with Crippen molar-refractivity contribution in [2.75, 3.05) is 12.4 Å². The molecule has 1 amide bonds. The molecule has 0 aliphatic carbocycles. The number of anilines is 2. The van der Waals surface area contributed by atoms with Gasteiger partial charge in [0, 0.05) is 23.3 Å². The van der Waals surface area contributed by atoms with Gasteiger partial charge in [0.25, 0.3) is 5.91 Å². The van der Waals surface area contributed by atoms with Crippen LogP contribution in [0.3, 0.4) is 0 Å². The first-order valence-corrected chi connectivity index (χ1v) is 8.69. The van der Waals surface area contributed by atoms with Crippen molar-refractivity contribution in [1.29, 1.82) is 0 Å². The molecule has 1 heterocycles. The number of carbonyl (C=O) groups is 1. The molecule has 3 aromatic rings. The Morgan fingerprint density at radius 1 is 1.11 bits per heavy atom. The summed E-state index contributed by atoms with van der Waals surface area (Å²) in [7, 11) is 1.61. The number of aryl methyl sites for hydroxylation is 1. The summed E-state index contributed by atoms with van der Waals surface area (Å²) in [4.78, 5) is 20.6. The van der Waals surface area contributed by atoms with Gasteiger partial charge in [-0.05, 0) is 42.3 Å². The average molecular weight is 383 g/mol. The number of methoxy groups -OCH3 is 1. The van der Waals surface area contributed by atoms with E-state index in [0.717, 1.165) is 22.6 Å². The van der Waals surface area contributed by atoms with E-state index in [1.54, 1.807) is 13.2 Å². The Kier molecular flexibility index (Phi) is 5.88. The molecule has 2 N–H and O–H groups in total. The maximum atomic E-state index is 12.4. The Morgan fingerprint density at radius 2 is 1.89 bits per heavy atom. The van der Waals surface area contributed by atoms with Crippen LogP contribution in [0.4, 0.5) is 11.5 Å². The number of hydrogen-bond donors (Lipinski definition) is 2. The van der Waals surface area contributed by atoms with Crippen molar-refractivity contribution in [2.45, 2.75) is 13.5 Å². The van der Waals surface area contributed by atoms with Crippen molar-refractivity contribution in [3.05, 3.63) is 76.7 Å². The van der Waals surface area contributed by atoms with E-state index in [1.165, 1.54) is 6.33 Å². The number of amides is 1. The minimum atomic E-state index is -0.279. The maximum Gasteiger partial charge on any atom is 0.270 e. The van der Waals surface area contributed by atoms with Crippen LogP contribution in [-0.2, 0) is 6.54 Å². The number of rotatable bonds is 6. The number of benzene rings is 2. The highest BCUT2D eigenvalue weighted by molar-refractivity contribution is 6.30. The van der Waals surface area contributed by atoms with Crippen molar-refractivity contribution >= 4 is 29.0 Å². The molecule has 6 nitrogen and oxygen atoms in total. The molecule has 27 heavy (non-hydrogen) atoms. The van der Waals surface area contributed by atoms with E-state index in [1.807, 2.05) is 49.4 Å². The molecule has 0 saturated heterocycles. The molecular weight excluding hydrogens is 364 g/mol. The summed E-state index contributed by atoms with van der Waals surface area (Å²) in [5.74, 6) is 1.01. The summed E-state index contributed by atoms with van der Waals surface area (Å²) >= 11 is 6.04. The first-order chi connectivity index (χ1) is 13.0. The first-order valence-electron chi connectivity index (χ1n) is 8.31. The van der Waals surface area contributed by atoms with E-state index in [9.17, 15) is 4.79 Å². The number of nitrogens with one attached hydrogen (secondary N) is 2. The van der Waals surface area contributed by atoms with Gasteiger partial charge in [-0.1, -0.05) is 29.8 Å². The van der Waals surface area contributed by atoms with Crippen LogP contribution >= 0.6 is 11.6 Å². The Labute approximate surface area is 162 Å². The topological polar surface area (TPSA) is 76.1 Å². The third-order valence-electron chi connectivity index (χ3n) is 3.97. The predicted octanol–water partition coefficient (Wildman–Crippen LogP) is 4.12.